The molecule has 0 bridgehead atoms. The first kappa shape index (κ1) is 22.8. The summed E-state index contributed by atoms with van der Waals surface area (Å²) in [6, 6.07) is 19.3. The first-order chi connectivity index (χ1) is 15.7. The van der Waals surface area contributed by atoms with Gasteiger partial charge in [-0.25, -0.2) is 8.42 Å². The third kappa shape index (κ3) is 4.58. The number of carbonyl (C=O) groups is 1. The Morgan fingerprint density at radius 2 is 1.70 bits per heavy atom. The Morgan fingerprint density at radius 1 is 0.970 bits per heavy atom. The average molecular weight is 481 g/mol. The second kappa shape index (κ2) is 8.88. The predicted molar refractivity (Wildman–Crippen MR) is 134 cm³/mol. The molecule has 6 nitrogen and oxygen atoms in total. The molecule has 33 heavy (non-hydrogen) atoms. The van der Waals surface area contributed by atoms with Crippen molar-refractivity contribution in [2.75, 3.05) is 23.8 Å². The molecule has 0 atom stereocenters. The summed E-state index contributed by atoms with van der Waals surface area (Å²) in [5.41, 5.74) is 3.35. The number of nitrogens with zero attached hydrogens (tertiary/aromatic N) is 1. The summed E-state index contributed by atoms with van der Waals surface area (Å²) in [6.45, 7) is 3.93. The molecule has 0 fully saturated rings. The van der Waals surface area contributed by atoms with Gasteiger partial charge in [-0.3, -0.25) is 9.10 Å². The fraction of sp³-hybridized carbons (Fsp3) is 0.160. The fourth-order valence-electron chi connectivity index (χ4n) is 3.44. The zero-order valence-corrected chi connectivity index (χ0v) is 20.4. The van der Waals surface area contributed by atoms with E-state index in [2.05, 4.69) is 5.32 Å². The standard InChI is InChI=1S/C25H24N2O4S2/c1-16-5-6-17(2)22(13-16)26-25(28)24-15-18-14-19(7-12-23(18)32-24)27(3)33(29,30)21-10-8-20(31-4)9-11-21/h5-15H,1-4H3,(H,26,28). The van der Waals surface area contributed by atoms with Crippen LogP contribution in [0.1, 0.15) is 20.8 Å². The van der Waals surface area contributed by atoms with E-state index in [1.165, 1.54) is 41.9 Å². The number of aryl methyl sites for hydroxylation is 2. The van der Waals surface area contributed by atoms with Crippen molar-refractivity contribution in [1.82, 2.24) is 0 Å². The number of hydrogen-bond acceptors (Lipinski definition) is 5. The molecule has 1 N–H and O–H groups in total. The van der Waals surface area contributed by atoms with Crippen LogP contribution in [-0.2, 0) is 10.0 Å². The molecule has 0 unspecified atom stereocenters. The number of sulfonamides is 1. The Kier molecular flexibility index (Phi) is 6.14. The Balaban J connectivity index is 1.60. The molecule has 4 rings (SSSR count). The molecule has 8 heteroatoms. The maximum Gasteiger partial charge on any atom is 0.265 e. The van der Waals surface area contributed by atoms with E-state index in [4.69, 9.17) is 4.74 Å². The number of thiophene rings is 1. The Labute approximate surface area is 197 Å². The van der Waals surface area contributed by atoms with Crippen LogP contribution < -0.4 is 14.4 Å². The van der Waals surface area contributed by atoms with E-state index >= 15 is 0 Å². The lowest BCUT2D eigenvalue weighted by molar-refractivity contribution is 0.103. The third-order valence-corrected chi connectivity index (χ3v) is 8.36. The molecule has 1 aromatic heterocycles. The van der Waals surface area contributed by atoms with Crippen LogP contribution in [0.3, 0.4) is 0 Å². The highest BCUT2D eigenvalue weighted by Gasteiger charge is 2.22. The van der Waals surface area contributed by atoms with Gasteiger partial charge in [0.05, 0.1) is 22.6 Å². The van der Waals surface area contributed by atoms with Crippen molar-refractivity contribution in [1.29, 1.82) is 0 Å². The number of amides is 1. The molecule has 0 aliphatic carbocycles. The highest BCUT2D eigenvalue weighted by Crippen LogP contribution is 2.32. The van der Waals surface area contributed by atoms with Crippen LogP contribution in [0, 0.1) is 13.8 Å². The van der Waals surface area contributed by atoms with E-state index in [9.17, 15) is 13.2 Å². The van der Waals surface area contributed by atoms with Crippen LogP contribution >= 0.6 is 11.3 Å². The SMILES string of the molecule is COc1ccc(S(=O)(=O)N(C)c2ccc3sc(C(=O)Nc4cc(C)ccc4C)cc3c2)cc1. The quantitative estimate of drug-likeness (QED) is 0.390. The van der Waals surface area contributed by atoms with Gasteiger partial charge >= 0.3 is 0 Å². The number of methoxy groups -OCH3 is 1. The number of fused-ring (bicyclic) bond motifs is 1. The maximum absolute atomic E-state index is 13.1. The lowest BCUT2D eigenvalue weighted by Gasteiger charge is -2.19. The highest BCUT2D eigenvalue weighted by molar-refractivity contribution is 7.92. The molecule has 0 spiro atoms. The molecule has 0 saturated carbocycles. The van der Waals surface area contributed by atoms with Crippen molar-refractivity contribution in [2.45, 2.75) is 18.7 Å². The second-order valence-electron chi connectivity index (χ2n) is 7.75. The molecule has 0 aliphatic rings. The number of rotatable bonds is 6. The summed E-state index contributed by atoms with van der Waals surface area (Å²) in [6.07, 6.45) is 0. The lowest BCUT2D eigenvalue weighted by atomic mass is 10.1. The molecule has 4 aromatic rings. The summed E-state index contributed by atoms with van der Waals surface area (Å²) in [4.78, 5) is 13.6. The van der Waals surface area contributed by atoms with Gasteiger partial charge in [-0.15, -0.1) is 11.3 Å². The van der Waals surface area contributed by atoms with E-state index in [-0.39, 0.29) is 10.8 Å². The summed E-state index contributed by atoms with van der Waals surface area (Å²) in [5.74, 6) is 0.397. The molecule has 3 aromatic carbocycles. The lowest BCUT2D eigenvalue weighted by Crippen LogP contribution is -2.26. The second-order valence-corrected chi connectivity index (χ2v) is 10.8. The molecule has 0 saturated heterocycles. The Bertz CT molecular complexity index is 1440. The smallest absolute Gasteiger partial charge is 0.265 e. The van der Waals surface area contributed by atoms with Crippen LogP contribution in [0.25, 0.3) is 10.1 Å². The maximum atomic E-state index is 13.1. The Hall–Kier alpha value is -3.36. The van der Waals surface area contributed by atoms with Crippen molar-refractivity contribution >= 4 is 48.7 Å². The summed E-state index contributed by atoms with van der Waals surface area (Å²) < 4.78 is 33.4. The molecule has 1 heterocycles. The monoisotopic (exact) mass is 480 g/mol. The highest BCUT2D eigenvalue weighted by atomic mass is 32.2. The van der Waals surface area contributed by atoms with E-state index in [1.807, 2.05) is 38.1 Å². The molecular formula is C25H24N2O4S2. The normalized spacial score (nSPS) is 11.4. The largest absolute Gasteiger partial charge is 0.497 e. The summed E-state index contributed by atoms with van der Waals surface area (Å²) in [7, 11) is -0.698. The molecule has 0 aliphatic heterocycles. The molecule has 0 radical (unpaired) electrons. The van der Waals surface area contributed by atoms with E-state index in [0.717, 1.165) is 26.9 Å². The number of carbonyl (C=O) groups excluding carboxylic acids is 1. The van der Waals surface area contributed by atoms with Crippen LogP contribution in [0.2, 0.25) is 0 Å². The van der Waals surface area contributed by atoms with Gasteiger partial charge < -0.3 is 10.1 Å². The van der Waals surface area contributed by atoms with Gasteiger partial charge in [0.15, 0.2) is 0 Å². The first-order valence-corrected chi connectivity index (χ1v) is 12.5. The van der Waals surface area contributed by atoms with E-state index in [0.29, 0.717) is 16.3 Å². The van der Waals surface area contributed by atoms with Gasteiger partial charge in [-0.2, -0.15) is 0 Å². The van der Waals surface area contributed by atoms with Gasteiger partial charge in [0, 0.05) is 17.4 Å². The number of anilines is 2. The molecular weight excluding hydrogens is 456 g/mol. The number of nitrogens with one attached hydrogen (secondary N) is 1. The predicted octanol–water partition coefficient (Wildman–Crippen LogP) is 5.60. The van der Waals surface area contributed by atoms with Crippen molar-refractivity contribution in [3.05, 3.63) is 82.7 Å². The topological polar surface area (TPSA) is 75.7 Å². The summed E-state index contributed by atoms with van der Waals surface area (Å²) >= 11 is 1.37. The van der Waals surface area contributed by atoms with Crippen LogP contribution in [0.5, 0.6) is 5.75 Å². The average Bonchev–Trinajstić information content (AvgIpc) is 3.24. The summed E-state index contributed by atoms with van der Waals surface area (Å²) in [5, 5.41) is 3.78. The number of benzene rings is 3. The minimum atomic E-state index is -3.74. The van der Waals surface area contributed by atoms with Gasteiger partial charge in [0.25, 0.3) is 15.9 Å². The van der Waals surface area contributed by atoms with Crippen molar-refractivity contribution in [3.8, 4) is 5.75 Å². The fourth-order valence-corrected chi connectivity index (χ4v) is 5.56. The van der Waals surface area contributed by atoms with E-state index < -0.39 is 10.0 Å². The number of ether oxygens (including phenoxy) is 1. The molecule has 1 amide bonds. The number of hydrogen-bond donors (Lipinski definition) is 1. The van der Waals surface area contributed by atoms with Gasteiger partial charge in [0.2, 0.25) is 0 Å². The minimum Gasteiger partial charge on any atom is -0.497 e. The zero-order valence-electron chi connectivity index (χ0n) is 18.7. The van der Waals surface area contributed by atoms with Crippen molar-refractivity contribution in [3.63, 3.8) is 0 Å². The Morgan fingerprint density at radius 3 is 2.39 bits per heavy atom. The molecule has 170 valence electrons. The van der Waals surface area contributed by atoms with Crippen molar-refractivity contribution < 1.29 is 17.9 Å². The van der Waals surface area contributed by atoms with E-state index in [1.54, 1.807) is 30.3 Å². The van der Waals surface area contributed by atoms with Gasteiger partial charge in [0.1, 0.15) is 5.75 Å². The van der Waals surface area contributed by atoms with Crippen LogP contribution in [0.4, 0.5) is 11.4 Å². The van der Waals surface area contributed by atoms with Gasteiger partial charge in [-0.05, 0) is 85.0 Å². The van der Waals surface area contributed by atoms with Crippen LogP contribution in [-0.4, -0.2) is 28.5 Å². The van der Waals surface area contributed by atoms with Crippen LogP contribution in [0.15, 0.2) is 71.6 Å². The first-order valence-electron chi connectivity index (χ1n) is 10.2. The van der Waals surface area contributed by atoms with Crippen molar-refractivity contribution in [2.24, 2.45) is 0 Å². The third-order valence-electron chi connectivity index (χ3n) is 5.45. The zero-order chi connectivity index (χ0) is 23.8. The van der Waals surface area contributed by atoms with Gasteiger partial charge in [-0.1, -0.05) is 12.1 Å². The minimum absolute atomic E-state index is 0.171.